The molecule has 2 unspecified atom stereocenters. The fourth-order valence-corrected chi connectivity index (χ4v) is 2.68. The van der Waals surface area contributed by atoms with Crippen molar-refractivity contribution in [3.8, 4) is 0 Å². The quantitative estimate of drug-likeness (QED) is 0.731. The largest absolute Gasteiger partial charge is 0.368 e. The van der Waals surface area contributed by atoms with Crippen LogP contribution >= 0.6 is 0 Å². The fraction of sp³-hybridized carbons (Fsp3) is 0.917. The Labute approximate surface area is 98.3 Å². The van der Waals surface area contributed by atoms with Crippen molar-refractivity contribution >= 4 is 5.91 Å². The van der Waals surface area contributed by atoms with E-state index >= 15 is 0 Å². The Hall–Kier alpha value is -0.610. The Morgan fingerprint density at radius 1 is 1.56 bits per heavy atom. The molecule has 1 amide bonds. The molecule has 1 rings (SSSR count). The molecule has 1 aliphatic rings. The summed E-state index contributed by atoms with van der Waals surface area (Å²) in [5, 5.41) is 0. The van der Waals surface area contributed by atoms with E-state index in [1.807, 2.05) is 0 Å². The van der Waals surface area contributed by atoms with Gasteiger partial charge < -0.3 is 11.5 Å². The topological polar surface area (TPSA) is 72.3 Å². The molecule has 0 aromatic rings. The molecule has 4 heteroatoms. The highest BCUT2D eigenvalue weighted by Gasteiger charge is 2.42. The molecule has 1 fully saturated rings. The molecule has 0 bridgehead atoms. The number of carbonyl (C=O) groups is 1. The molecular weight excluding hydrogens is 202 g/mol. The molecule has 0 aromatic carbocycles. The van der Waals surface area contributed by atoms with Crippen molar-refractivity contribution in [3.63, 3.8) is 0 Å². The summed E-state index contributed by atoms with van der Waals surface area (Å²) in [6.07, 6.45) is 3.54. The van der Waals surface area contributed by atoms with Gasteiger partial charge in [-0.1, -0.05) is 6.92 Å². The van der Waals surface area contributed by atoms with E-state index < -0.39 is 5.54 Å². The summed E-state index contributed by atoms with van der Waals surface area (Å²) >= 11 is 0. The van der Waals surface area contributed by atoms with Gasteiger partial charge in [-0.3, -0.25) is 9.69 Å². The van der Waals surface area contributed by atoms with Gasteiger partial charge in [-0.15, -0.1) is 0 Å². The lowest BCUT2D eigenvalue weighted by molar-refractivity contribution is -0.123. The fourth-order valence-electron chi connectivity index (χ4n) is 2.68. The third kappa shape index (κ3) is 2.74. The van der Waals surface area contributed by atoms with Gasteiger partial charge in [-0.05, 0) is 46.1 Å². The number of primary amides is 1. The predicted molar refractivity (Wildman–Crippen MR) is 65.9 cm³/mol. The van der Waals surface area contributed by atoms with Crippen molar-refractivity contribution in [3.05, 3.63) is 0 Å². The SMILES string of the molecule is CCCN(C(C)C)C1CCC(N)(C(N)=O)C1. The monoisotopic (exact) mass is 227 g/mol. The van der Waals surface area contributed by atoms with Crippen LogP contribution in [0.5, 0.6) is 0 Å². The van der Waals surface area contributed by atoms with E-state index in [-0.39, 0.29) is 5.91 Å². The first kappa shape index (κ1) is 13.5. The van der Waals surface area contributed by atoms with Gasteiger partial charge in [0.05, 0.1) is 5.54 Å². The number of hydrogen-bond donors (Lipinski definition) is 2. The second kappa shape index (κ2) is 5.15. The first-order valence-electron chi connectivity index (χ1n) is 6.25. The summed E-state index contributed by atoms with van der Waals surface area (Å²) in [5.41, 5.74) is 10.6. The molecule has 16 heavy (non-hydrogen) atoms. The number of nitrogens with two attached hydrogens (primary N) is 2. The van der Waals surface area contributed by atoms with Crippen LogP contribution in [-0.4, -0.2) is 35.0 Å². The Morgan fingerprint density at radius 2 is 2.19 bits per heavy atom. The molecule has 4 nitrogen and oxygen atoms in total. The molecular formula is C12H25N3O. The van der Waals surface area contributed by atoms with E-state index in [4.69, 9.17) is 11.5 Å². The molecule has 1 saturated carbocycles. The number of carbonyl (C=O) groups excluding carboxylic acids is 1. The Balaban J connectivity index is 2.66. The first-order valence-corrected chi connectivity index (χ1v) is 6.25. The highest BCUT2D eigenvalue weighted by Crippen LogP contribution is 2.32. The average molecular weight is 227 g/mol. The molecule has 4 N–H and O–H groups in total. The predicted octanol–water partition coefficient (Wildman–Crippen LogP) is 0.842. The Bertz CT molecular complexity index is 255. The van der Waals surface area contributed by atoms with Gasteiger partial charge in [0.15, 0.2) is 0 Å². The van der Waals surface area contributed by atoms with Crippen molar-refractivity contribution in [2.45, 2.75) is 64.1 Å². The van der Waals surface area contributed by atoms with Gasteiger partial charge in [0.2, 0.25) is 5.91 Å². The number of amides is 1. The summed E-state index contributed by atoms with van der Waals surface area (Å²) < 4.78 is 0. The molecule has 0 saturated heterocycles. The summed E-state index contributed by atoms with van der Waals surface area (Å²) in [5.74, 6) is -0.352. The lowest BCUT2D eigenvalue weighted by Gasteiger charge is -2.33. The second-order valence-corrected chi connectivity index (χ2v) is 5.25. The zero-order chi connectivity index (χ0) is 12.3. The normalized spacial score (nSPS) is 30.2. The number of rotatable bonds is 5. The van der Waals surface area contributed by atoms with Gasteiger partial charge in [0.1, 0.15) is 0 Å². The molecule has 2 atom stereocenters. The zero-order valence-electron chi connectivity index (χ0n) is 10.7. The maximum absolute atomic E-state index is 11.3. The van der Waals surface area contributed by atoms with Gasteiger partial charge in [0.25, 0.3) is 0 Å². The third-order valence-corrected chi connectivity index (χ3v) is 3.63. The lowest BCUT2D eigenvalue weighted by Crippen LogP contribution is -2.51. The minimum atomic E-state index is -0.772. The number of nitrogens with zero attached hydrogens (tertiary/aromatic N) is 1. The minimum absolute atomic E-state index is 0.352. The highest BCUT2D eigenvalue weighted by molar-refractivity contribution is 5.84. The van der Waals surface area contributed by atoms with Crippen LogP contribution in [0.1, 0.15) is 46.5 Å². The summed E-state index contributed by atoms with van der Waals surface area (Å²) in [4.78, 5) is 13.7. The summed E-state index contributed by atoms with van der Waals surface area (Å²) in [7, 11) is 0. The van der Waals surface area contributed by atoms with Crippen molar-refractivity contribution in [1.82, 2.24) is 4.90 Å². The van der Waals surface area contributed by atoms with E-state index in [0.717, 1.165) is 25.8 Å². The van der Waals surface area contributed by atoms with Crippen molar-refractivity contribution in [2.75, 3.05) is 6.54 Å². The van der Waals surface area contributed by atoms with Crippen molar-refractivity contribution in [1.29, 1.82) is 0 Å². The van der Waals surface area contributed by atoms with E-state index in [1.54, 1.807) is 0 Å². The maximum atomic E-state index is 11.3. The van der Waals surface area contributed by atoms with Crippen molar-refractivity contribution in [2.24, 2.45) is 11.5 Å². The van der Waals surface area contributed by atoms with Crippen LogP contribution in [0, 0.1) is 0 Å². The van der Waals surface area contributed by atoms with Crippen LogP contribution < -0.4 is 11.5 Å². The molecule has 0 heterocycles. The highest BCUT2D eigenvalue weighted by atomic mass is 16.1. The Kier molecular flexibility index (Phi) is 4.33. The van der Waals surface area contributed by atoms with E-state index in [9.17, 15) is 4.79 Å². The smallest absolute Gasteiger partial charge is 0.237 e. The van der Waals surface area contributed by atoms with Gasteiger partial charge in [0, 0.05) is 12.1 Å². The van der Waals surface area contributed by atoms with Gasteiger partial charge in [-0.25, -0.2) is 0 Å². The van der Waals surface area contributed by atoms with Crippen LogP contribution in [0.25, 0.3) is 0 Å². The standard InChI is InChI=1S/C12H25N3O/c1-4-7-15(9(2)3)10-5-6-12(14,8-10)11(13)16/h9-10H,4-8,14H2,1-3H3,(H2,13,16). The van der Waals surface area contributed by atoms with Crippen LogP contribution in [0.3, 0.4) is 0 Å². The first-order chi connectivity index (χ1) is 7.40. The van der Waals surface area contributed by atoms with E-state index in [0.29, 0.717) is 18.5 Å². The molecule has 94 valence electrons. The molecule has 1 aliphatic carbocycles. The van der Waals surface area contributed by atoms with Crippen LogP contribution in [0.2, 0.25) is 0 Å². The van der Waals surface area contributed by atoms with Crippen LogP contribution in [0.15, 0.2) is 0 Å². The van der Waals surface area contributed by atoms with Gasteiger partial charge in [-0.2, -0.15) is 0 Å². The van der Waals surface area contributed by atoms with E-state index in [1.165, 1.54) is 0 Å². The summed E-state index contributed by atoms with van der Waals surface area (Å²) in [6.45, 7) is 7.62. The molecule has 0 radical (unpaired) electrons. The average Bonchev–Trinajstić information content (AvgIpc) is 2.58. The molecule has 0 spiro atoms. The summed E-state index contributed by atoms with van der Waals surface area (Å²) in [6, 6.07) is 0.914. The molecule has 0 aromatic heterocycles. The maximum Gasteiger partial charge on any atom is 0.237 e. The Morgan fingerprint density at radius 3 is 2.56 bits per heavy atom. The number of hydrogen-bond acceptors (Lipinski definition) is 3. The third-order valence-electron chi connectivity index (χ3n) is 3.63. The van der Waals surface area contributed by atoms with Crippen molar-refractivity contribution < 1.29 is 4.79 Å². The molecule has 0 aliphatic heterocycles. The van der Waals surface area contributed by atoms with Gasteiger partial charge >= 0.3 is 0 Å². The second-order valence-electron chi connectivity index (χ2n) is 5.25. The van der Waals surface area contributed by atoms with Crippen LogP contribution in [0.4, 0.5) is 0 Å². The lowest BCUT2D eigenvalue weighted by atomic mass is 9.98. The van der Waals surface area contributed by atoms with E-state index in [2.05, 4.69) is 25.7 Å². The minimum Gasteiger partial charge on any atom is -0.368 e. The zero-order valence-corrected chi connectivity index (χ0v) is 10.7. The van der Waals surface area contributed by atoms with Crippen LogP contribution in [-0.2, 0) is 4.79 Å².